The van der Waals surface area contributed by atoms with Gasteiger partial charge in [0.05, 0.1) is 18.8 Å². The maximum absolute atomic E-state index is 12.3. The zero-order valence-corrected chi connectivity index (χ0v) is 10.6. The zero-order valence-electron chi connectivity index (χ0n) is 10.6. The lowest BCUT2D eigenvalue weighted by Gasteiger charge is -2.38. The number of ether oxygens (including phenoxy) is 2. The Hall–Kier alpha value is -0.650. The van der Waals surface area contributed by atoms with E-state index >= 15 is 0 Å². The third-order valence-corrected chi connectivity index (χ3v) is 3.30. The SMILES string of the molecule is CCC1CN(C(=O)C2CNCCO2)CC(C)O1. The molecule has 0 saturated carbocycles. The number of carbonyl (C=O) groups excluding carboxylic acids is 1. The van der Waals surface area contributed by atoms with Crippen LogP contribution in [0.3, 0.4) is 0 Å². The minimum Gasteiger partial charge on any atom is -0.372 e. The summed E-state index contributed by atoms with van der Waals surface area (Å²) in [6, 6.07) is 0. The highest BCUT2D eigenvalue weighted by molar-refractivity contribution is 5.81. The van der Waals surface area contributed by atoms with Crippen LogP contribution in [0.5, 0.6) is 0 Å². The van der Waals surface area contributed by atoms with Crippen molar-refractivity contribution in [3.8, 4) is 0 Å². The molecular formula is C12H22N2O3. The number of rotatable bonds is 2. The Morgan fingerprint density at radius 2 is 2.29 bits per heavy atom. The van der Waals surface area contributed by atoms with Gasteiger partial charge in [0.25, 0.3) is 5.91 Å². The average molecular weight is 242 g/mol. The number of carbonyl (C=O) groups is 1. The highest BCUT2D eigenvalue weighted by Crippen LogP contribution is 2.15. The van der Waals surface area contributed by atoms with Gasteiger partial charge in [-0.05, 0) is 13.3 Å². The summed E-state index contributed by atoms with van der Waals surface area (Å²) in [7, 11) is 0. The molecule has 5 heteroatoms. The van der Waals surface area contributed by atoms with Crippen LogP contribution in [0.2, 0.25) is 0 Å². The van der Waals surface area contributed by atoms with Crippen LogP contribution in [0.4, 0.5) is 0 Å². The summed E-state index contributed by atoms with van der Waals surface area (Å²) < 4.78 is 11.3. The minimum absolute atomic E-state index is 0.103. The molecule has 2 aliphatic heterocycles. The van der Waals surface area contributed by atoms with Crippen molar-refractivity contribution in [2.75, 3.05) is 32.8 Å². The highest BCUT2D eigenvalue weighted by Gasteiger charge is 2.32. The Balaban J connectivity index is 1.93. The molecule has 0 spiro atoms. The molecule has 0 aliphatic carbocycles. The molecular weight excluding hydrogens is 220 g/mol. The van der Waals surface area contributed by atoms with E-state index in [1.807, 2.05) is 11.8 Å². The maximum atomic E-state index is 12.3. The first-order valence-electron chi connectivity index (χ1n) is 6.47. The van der Waals surface area contributed by atoms with Gasteiger partial charge in [0.15, 0.2) is 0 Å². The largest absolute Gasteiger partial charge is 0.372 e. The van der Waals surface area contributed by atoms with Crippen molar-refractivity contribution in [1.82, 2.24) is 10.2 Å². The Labute approximate surface area is 102 Å². The first-order valence-corrected chi connectivity index (χ1v) is 6.47. The molecule has 0 aromatic carbocycles. The number of hydrogen-bond donors (Lipinski definition) is 1. The summed E-state index contributed by atoms with van der Waals surface area (Å²) in [6.45, 7) is 7.55. The number of nitrogens with zero attached hydrogens (tertiary/aromatic N) is 1. The van der Waals surface area contributed by atoms with Gasteiger partial charge in [0, 0.05) is 26.2 Å². The van der Waals surface area contributed by atoms with Crippen LogP contribution in [0, 0.1) is 0 Å². The summed E-state index contributed by atoms with van der Waals surface area (Å²) >= 11 is 0. The minimum atomic E-state index is -0.313. The Morgan fingerprint density at radius 1 is 1.47 bits per heavy atom. The smallest absolute Gasteiger partial charge is 0.253 e. The van der Waals surface area contributed by atoms with E-state index in [1.54, 1.807) is 0 Å². The molecule has 1 N–H and O–H groups in total. The van der Waals surface area contributed by atoms with E-state index in [1.165, 1.54) is 0 Å². The predicted molar refractivity (Wildman–Crippen MR) is 63.8 cm³/mol. The van der Waals surface area contributed by atoms with Crippen molar-refractivity contribution in [2.24, 2.45) is 0 Å². The van der Waals surface area contributed by atoms with Crippen molar-refractivity contribution in [3.05, 3.63) is 0 Å². The number of hydrogen-bond acceptors (Lipinski definition) is 4. The van der Waals surface area contributed by atoms with Gasteiger partial charge < -0.3 is 19.7 Å². The molecule has 2 rings (SSSR count). The van der Waals surface area contributed by atoms with Crippen molar-refractivity contribution in [3.63, 3.8) is 0 Å². The van der Waals surface area contributed by atoms with Gasteiger partial charge in [-0.15, -0.1) is 0 Å². The van der Waals surface area contributed by atoms with Crippen LogP contribution < -0.4 is 5.32 Å². The van der Waals surface area contributed by atoms with E-state index in [0.717, 1.165) is 13.0 Å². The molecule has 2 aliphatic rings. The van der Waals surface area contributed by atoms with Gasteiger partial charge in [-0.25, -0.2) is 0 Å². The lowest BCUT2D eigenvalue weighted by Crippen LogP contribution is -2.55. The van der Waals surface area contributed by atoms with Crippen LogP contribution in [-0.4, -0.2) is 61.9 Å². The predicted octanol–water partition coefficient (Wildman–Crippen LogP) is 0.000700. The second-order valence-electron chi connectivity index (χ2n) is 4.78. The van der Waals surface area contributed by atoms with Gasteiger partial charge in [-0.1, -0.05) is 6.92 Å². The van der Waals surface area contributed by atoms with Crippen LogP contribution in [-0.2, 0) is 14.3 Å². The first-order chi connectivity index (χ1) is 8.20. The standard InChI is InChI=1S/C12H22N2O3/c1-3-10-8-14(7-9(2)17-10)12(15)11-6-13-4-5-16-11/h9-11,13H,3-8H2,1-2H3. The van der Waals surface area contributed by atoms with Crippen LogP contribution in [0.25, 0.3) is 0 Å². The monoisotopic (exact) mass is 242 g/mol. The Kier molecular flexibility index (Phi) is 4.36. The molecule has 0 bridgehead atoms. The molecule has 2 fully saturated rings. The summed E-state index contributed by atoms with van der Waals surface area (Å²) in [5, 5.41) is 3.19. The lowest BCUT2D eigenvalue weighted by molar-refractivity contribution is -0.157. The van der Waals surface area contributed by atoms with Crippen molar-refractivity contribution in [1.29, 1.82) is 0 Å². The fraction of sp³-hybridized carbons (Fsp3) is 0.917. The highest BCUT2D eigenvalue weighted by atomic mass is 16.5. The van der Waals surface area contributed by atoms with Gasteiger partial charge in [0.2, 0.25) is 0 Å². The zero-order chi connectivity index (χ0) is 12.3. The van der Waals surface area contributed by atoms with Gasteiger partial charge in [-0.3, -0.25) is 4.79 Å². The fourth-order valence-electron chi connectivity index (χ4n) is 2.38. The van der Waals surface area contributed by atoms with E-state index in [9.17, 15) is 4.79 Å². The van der Waals surface area contributed by atoms with Crippen LogP contribution in [0.1, 0.15) is 20.3 Å². The Bertz CT molecular complexity index is 266. The molecule has 3 unspecified atom stereocenters. The van der Waals surface area contributed by atoms with E-state index < -0.39 is 0 Å². The molecule has 98 valence electrons. The van der Waals surface area contributed by atoms with Crippen LogP contribution >= 0.6 is 0 Å². The summed E-state index contributed by atoms with van der Waals surface area (Å²) in [5.41, 5.74) is 0. The molecule has 2 saturated heterocycles. The first kappa shape index (κ1) is 12.8. The molecule has 0 aromatic heterocycles. The Morgan fingerprint density at radius 3 is 2.94 bits per heavy atom. The number of amides is 1. The summed E-state index contributed by atoms with van der Waals surface area (Å²) in [6.07, 6.45) is 0.915. The van der Waals surface area contributed by atoms with Gasteiger partial charge in [-0.2, -0.15) is 0 Å². The second-order valence-corrected chi connectivity index (χ2v) is 4.78. The molecule has 2 heterocycles. The van der Waals surface area contributed by atoms with E-state index in [0.29, 0.717) is 26.2 Å². The lowest BCUT2D eigenvalue weighted by atomic mass is 10.1. The maximum Gasteiger partial charge on any atom is 0.253 e. The third kappa shape index (κ3) is 3.18. The molecule has 0 aromatic rings. The fourth-order valence-corrected chi connectivity index (χ4v) is 2.38. The van der Waals surface area contributed by atoms with Crippen LogP contribution in [0.15, 0.2) is 0 Å². The average Bonchev–Trinajstić information content (AvgIpc) is 2.38. The third-order valence-electron chi connectivity index (χ3n) is 3.30. The van der Waals surface area contributed by atoms with Crippen molar-refractivity contribution < 1.29 is 14.3 Å². The second kappa shape index (κ2) is 5.80. The van der Waals surface area contributed by atoms with Gasteiger partial charge >= 0.3 is 0 Å². The number of nitrogens with one attached hydrogen (secondary N) is 1. The van der Waals surface area contributed by atoms with E-state index in [2.05, 4.69) is 12.2 Å². The quantitative estimate of drug-likeness (QED) is 0.740. The normalized spacial score (nSPS) is 34.7. The van der Waals surface area contributed by atoms with Crippen molar-refractivity contribution in [2.45, 2.75) is 38.6 Å². The summed E-state index contributed by atoms with van der Waals surface area (Å²) in [5.74, 6) is 0.103. The molecule has 17 heavy (non-hydrogen) atoms. The molecule has 0 radical (unpaired) electrons. The van der Waals surface area contributed by atoms with E-state index in [4.69, 9.17) is 9.47 Å². The number of morpholine rings is 2. The molecule has 1 amide bonds. The van der Waals surface area contributed by atoms with Gasteiger partial charge in [0.1, 0.15) is 6.10 Å². The topological polar surface area (TPSA) is 50.8 Å². The summed E-state index contributed by atoms with van der Waals surface area (Å²) in [4.78, 5) is 14.2. The van der Waals surface area contributed by atoms with Crippen molar-refractivity contribution >= 4 is 5.91 Å². The molecule has 5 nitrogen and oxygen atoms in total. The molecule has 3 atom stereocenters. The van der Waals surface area contributed by atoms with E-state index in [-0.39, 0.29) is 24.2 Å².